The summed E-state index contributed by atoms with van der Waals surface area (Å²) < 4.78 is 35.3. The number of carboxylic acid groups (broad SMARTS) is 1. The Morgan fingerprint density at radius 3 is 2.28 bits per heavy atom. The van der Waals surface area contributed by atoms with E-state index in [-0.39, 0.29) is 50.9 Å². The number of halogens is 2. The molecule has 1 N–H and O–H groups in total. The van der Waals surface area contributed by atoms with E-state index >= 15 is 0 Å². The average Bonchev–Trinajstić information content (AvgIpc) is 2.92. The van der Waals surface area contributed by atoms with Crippen LogP contribution in [0.1, 0.15) is 18.1 Å². The number of ether oxygens (including phenoxy) is 4. The number of benzene rings is 3. The van der Waals surface area contributed by atoms with E-state index in [4.69, 9.17) is 30.5 Å². The standard InChI is InChI=1S/C29H31ClFNO7/c1-2-37-27(28(33)34)19-21-9-13-24(14-10-21)38-18-16-32(29(35)39-26-6-4-3-5-25(26)30)15-17-36-20-22-7-11-23(31)12-8-22/h3-14,27H,2,15-20H2,1H3,(H,33,34). The molecular weight excluding hydrogens is 529 g/mol. The Labute approximate surface area is 231 Å². The highest BCUT2D eigenvalue weighted by atomic mass is 35.5. The number of carbonyl (C=O) groups excluding carboxylic acids is 1. The molecule has 8 nitrogen and oxygen atoms in total. The monoisotopic (exact) mass is 559 g/mol. The molecule has 0 heterocycles. The second kappa shape index (κ2) is 15.7. The molecule has 0 spiro atoms. The van der Waals surface area contributed by atoms with E-state index in [0.29, 0.717) is 17.4 Å². The van der Waals surface area contributed by atoms with Gasteiger partial charge in [0.2, 0.25) is 0 Å². The minimum Gasteiger partial charge on any atom is -0.492 e. The van der Waals surface area contributed by atoms with Crippen molar-refractivity contribution < 1.29 is 38.0 Å². The SMILES string of the molecule is CCOC(Cc1ccc(OCCN(CCOCc2ccc(F)cc2)C(=O)Oc2ccccc2Cl)cc1)C(=O)O. The number of aliphatic carboxylic acids is 1. The van der Waals surface area contributed by atoms with Crippen LogP contribution in [0.2, 0.25) is 5.02 Å². The lowest BCUT2D eigenvalue weighted by atomic mass is 10.1. The summed E-state index contributed by atoms with van der Waals surface area (Å²) in [6.07, 6.45) is -1.28. The van der Waals surface area contributed by atoms with Gasteiger partial charge in [0.1, 0.15) is 18.2 Å². The average molecular weight is 560 g/mol. The largest absolute Gasteiger partial charge is 0.492 e. The molecule has 39 heavy (non-hydrogen) atoms. The van der Waals surface area contributed by atoms with E-state index < -0.39 is 18.2 Å². The molecule has 0 aliphatic heterocycles. The number of nitrogens with zero attached hydrogens (tertiary/aromatic N) is 1. The van der Waals surface area contributed by atoms with E-state index in [9.17, 15) is 19.1 Å². The maximum atomic E-state index is 13.1. The van der Waals surface area contributed by atoms with Crippen LogP contribution in [0, 0.1) is 5.82 Å². The van der Waals surface area contributed by atoms with Crippen LogP contribution in [0.5, 0.6) is 11.5 Å². The van der Waals surface area contributed by atoms with Gasteiger partial charge in [0.25, 0.3) is 0 Å². The van der Waals surface area contributed by atoms with E-state index in [2.05, 4.69) is 0 Å². The lowest BCUT2D eigenvalue weighted by Crippen LogP contribution is -2.39. The molecule has 0 radical (unpaired) electrons. The molecule has 0 fully saturated rings. The van der Waals surface area contributed by atoms with Crippen molar-refractivity contribution in [2.45, 2.75) is 26.1 Å². The van der Waals surface area contributed by atoms with Crippen LogP contribution in [0.3, 0.4) is 0 Å². The van der Waals surface area contributed by atoms with Gasteiger partial charge in [0.05, 0.1) is 24.8 Å². The zero-order chi connectivity index (χ0) is 28.0. The summed E-state index contributed by atoms with van der Waals surface area (Å²) in [4.78, 5) is 25.7. The Kier molecular flexibility index (Phi) is 12.0. The molecule has 208 valence electrons. The van der Waals surface area contributed by atoms with E-state index in [1.807, 2.05) is 0 Å². The minimum absolute atomic E-state index is 0.172. The molecule has 3 rings (SSSR count). The van der Waals surface area contributed by atoms with Crippen LogP contribution >= 0.6 is 11.6 Å². The van der Waals surface area contributed by atoms with Gasteiger partial charge in [-0.05, 0) is 54.4 Å². The number of para-hydroxylation sites is 1. The smallest absolute Gasteiger partial charge is 0.415 e. The molecule has 1 amide bonds. The summed E-state index contributed by atoms with van der Waals surface area (Å²) in [5, 5.41) is 9.57. The number of carboxylic acids is 1. The first-order valence-electron chi connectivity index (χ1n) is 12.4. The summed E-state index contributed by atoms with van der Waals surface area (Å²) >= 11 is 6.13. The second-order valence-electron chi connectivity index (χ2n) is 8.44. The molecule has 3 aromatic rings. The number of carbonyl (C=O) groups is 2. The molecule has 0 saturated carbocycles. The highest BCUT2D eigenvalue weighted by Gasteiger charge is 2.19. The molecule has 0 aliphatic carbocycles. The first-order chi connectivity index (χ1) is 18.9. The molecule has 0 saturated heterocycles. The summed E-state index contributed by atoms with van der Waals surface area (Å²) in [5.74, 6) is -0.530. The van der Waals surface area contributed by atoms with Gasteiger partial charge in [-0.1, -0.05) is 48.0 Å². The maximum Gasteiger partial charge on any atom is 0.415 e. The van der Waals surface area contributed by atoms with Crippen LogP contribution in [-0.2, 0) is 27.3 Å². The summed E-state index contributed by atoms with van der Waals surface area (Å²) in [5.41, 5.74) is 1.61. The van der Waals surface area contributed by atoms with Crippen molar-refractivity contribution >= 4 is 23.7 Å². The van der Waals surface area contributed by atoms with Crippen molar-refractivity contribution in [1.29, 1.82) is 0 Å². The topological polar surface area (TPSA) is 94.5 Å². The quantitative estimate of drug-likeness (QED) is 0.242. The minimum atomic E-state index is -1.01. The second-order valence-corrected chi connectivity index (χ2v) is 8.85. The van der Waals surface area contributed by atoms with Crippen LogP contribution in [0.4, 0.5) is 9.18 Å². The summed E-state index contributed by atoms with van der Waals surface area (Å²) in [6.45, 7) is 3.14. The Morgan fingerprint density at radius 1 is 0.949 bits per heavy atom. The fourth-order valence-corrected chi connectivity index (χ4v) is 3.73. The van der Waals surface area contributed by atoms with Gasteiger partial charge in [-0.3, -0.25) is 0 Å². The molecule has 0 aliphatic rings. The normalized spacial score (nSPS) is 11.6. The fourth-order valence-electron chi connectivity index (χ4n) is 3.55. The lowest BCUT2D eigenvalue weighted by molar-refractivity contribution is -0.149. The highest BCUT2D eigenvalue weighted by Crippen LogP contribution is 2.24. The van der Waals surface area contributed by atoms with Crippen LogP contribution in [-0.4, -0.2) is 61.1 Å². The van der Waals surface area contributed by atoms with Gasteiger partial charge < -0.3 is 29.0 Å². The first kappa shape index (κ1) is 29.9. The molecule has 10 heteroatoms. The molecule has 1 atom stereocenters. The maximum absolute atomic E-state index is 13.1. The zero-order valence-electron chi connectivity index (χ0n) is 21.6. The fraction of sp³-hybridized carbons (Fsp3) is 0.310. The van der Waals surface area contributed by atoms with Crippen molar-refractivity contribution in [3.8, 4) is 11.5 Å². The molecule has 0 aromatic heterocycles. The van der Waals surface area contributed by atoms with Crippen LogP contribution in [0.25, 0.3) is 0 Å². The van der Waals surface area contributed by atoms with Crippen molar-refractivity contribution in [2.75, 3.05) is 32.9 Å². The third-order valence-electron chi connectivity index (χ3n) is 5.60. The van der Waals surface area contributed by atoms with Crippen molar-refractivity contribution in [1.82, 2.24) is 4.90 Å². The lowest BCUT2D eigenvalue weighted by Gasteiger charge is -2.22. The van der Waals surface area contributed by atoms with Gasteiger partial charge in [0.15, 0.2) is 11.9 Å². The third-order valence-corrected chi connectivity index (χ3v) is 5.91. The number of rotatable bonds is 15. The van der Waals surface area contributed by atoms with Crippen molar-refractivity contribution in [3.05, 3.63) is 94.8 Å². The van der Waals surface area contributed by atoms with E-state index in [0.717, 1.165) is 11.1 Å². The molecule has 0 bridgehead atoms. The third kappa shape index (κ3) is 10.2. The molecule has 3 aromatic carbocycles. The number of amides is 1. The Balaban J connectivity index is 1.54. The Hall–Kier alpha value is -3.66. The molecule has 1 unspecified atom stereocenters. The van der Waals surface area contributed by atoms with Gasteiger partial charge >= 0.3 is 12.1 Å². The zero-order valence-corrected chi connectivity index (χ0v) is 22.3. The number of hydrogen-bond donors (Lipinski definition) is 1. The summed E-state index contributed by atoms with van der Waals surface area (Å²) in [7, 11) is 0. The van der Waals surface area contributed by atoms with Crippen molar-refractivity contribution in [2.24, 2.45) is 0 Å². The van der Waals surface area contributed by atoms with Crippen molar-refractivity contribution in [3.63, 3.8) is 0 Å². The van der Waals surface area contributed by atoms with Crippen LogP contribution in [0.15, 0.2) is 72.8 Å². The van der Waals surface area contributed by atoms with Gasteiger partial charge in [-0.2, -0.15) is 0 Å². The van der Waals surface area contributed by atoms with E-state index in [1.165, 1.54) is 17.0 Å². The Bertz CT molecular complexity index is 1190. The summed E-state index contributed by atoms with van der Waals surface area (Å²) in [6, 6.07) is 19.7. The highest BCUT2D eigenvalue weighted by molar-refractivity contribution is 6.32. The Morgan fingerprint density at radius 2 is 1.62 bits per heavy atom. The first-order valence-corrected chi connectivity index (χ1v) is 12.8. The van der Waals surface area contributed by atoms with E-state index in [1.54, 1.807) is 67.6 Å². The van der Waals surface area contributed by atoms with Gasteiger partial charge in [0, 0.05) is 19.6 Å². The van der Waals surface area contributed by atoms with Crippen LogP contribution < -0.4 is 9.47 Å². The van der Waals surface area contributed by atoms with Gasteiger partial charge in [-0.15, -0.1) is 0 Å². The van der Waals surface area contributed by atoms with Gasteiger partial charge in [-0.25, -0.2) is 14.0 Å². The number of hydrogen-bond acceptors (Lipinski definition) is 6. The predicted molar refractivity (Wildman–Crippen MR) is 144 cm³/mol. The molecular formula is C29H31ClFNO7. The predicted octanol–water partition coefficient (Wildman–Crippen LogP) is 5.61.